The van der Waals surface area contributed by atoms with Gasteiger partial charge in [-0.2, -0.15) is 0 Å². The zero-order valence-corrected chi connectivity index (χ0v) is 13.2. The first-order valence-corrected chi connectivity index (χ1v) is 7.25. The molecule has 0 spiro atoms. The van der Waals surface area contributed by atoms with Gasteiger partial charge in [0.1, 0.15) is 5.82 Å². The molecule has 1 aromatic rings. The third-order valence-electron chi connectivity index (χ3n) is 3.89. The van der Waals surface area contributed by atoms with Crippen molar-refractivity contribution in [3.63, 3.8) is 0 Å². The average molecular weight is 328 g/mol. The molecule has 1 aliphatic carbocycles. The minimum atomic E-state index is -0.245. The number of hydrogen-bond donors (Lipinski definition) is 5. The number of halogens is 2. The highest BCUT2D eigenvalue weighted by Crippen LogP contribution is 2.27. The fourth-order valence-electron chi connectivity index (χ4n) is 2.96. The van der Waals surface area contributed by atoms with Crippen LogP contribution in [0.25, 0.3) is 0 Å². The zero-order chi connectivity index (χ0) is 15.2. The van der Waals surface area contributed by atoms with Gasteiger partial charge in [0.15, 0.2) is 11.9 Å². The van der Waals surface area contributed by atoms with E-state index in [1.807, 2.05) is 6.07 Å². The van der Waals surface area contributed by atoms with Crippen molar-refractivity contribution in [1.29, 1.82) is 10.8 Å². The minimum absolute atomic E-state index is 0. The van der Waals surface area contributed by atoms with Crippen molar-refractivity contribution in [2.75, 3.05) is 0 Å². The van der Waals surface area contributed by atoms with Crippen LogP contribution < -0.4 is 16.4 Å². The summed E-state index contributed by atoms with van der Waals surface area (Å²) in [6, 6.07) is 6.85. The van der Waals surface area contributed by atoms with Gasteiger partial charge >= 0.3 is 0 Å². The summed E-state index contributed by atoms with van der Waals surface area (Å²) < 4.78 is 13.3. The van der Waals surface area contributed by atoms with Gasteiger partial charge in [0.05, 0.1) is 0 Å². The molecule has 0 saturated heterocycles. The standard InChI is InChI=1S/C15H22FN5.ClH/c16-12-6-3-4-10(9-12)8-11-5-1-2-7-13(11)20-15(19)21-14(17)18;/h3-4,6,9,11,13H,1-2,5,7-8H2,(H6,17,18,19,20,21);1H. The van der Waals surface area contributed by atoms with E-state index in [1.54, 1.807) is 12.1 Å². The fraction of sp³-hybridized carbons (Fsp3) is 0.467. The van der Waals surface area contributed by atoms with Crippen LogP contribution in [0.15, 0.2) is 24.3 Å². The normalized spacial score (nSPS) is 20.6. The lowest BCUT2D eigenvalue weighted by molar-refractivity contribution is 0.284. The largest absolute Gasteiger partial charge is 0.370 e. The van der Waals surface area contributed by atoms with Gasteiger partial charge in [-0.3, -0.25) is 16.1 Å². The van der Waals surface area contributed by atoms with Crippen molar-refractivity contribution in [3.05, 3.63) is 35.6 Å². The van der Waals surface area contributed by atoms with Gasteiger partial charge in [-0.15, -0.1) is 12.4 Å². The SMILES string of the molecule is Cl.N=C(N)NC(=N)NC1CCCCC1Cc1cccc(F)c1. The van der Waals surface area contributed by atoms with Gasteiger partial charge in [-0.25, -0.2) is 4.39 Å². The monoisotopic (exact) mass is 327 g/mol. The molecule has 0 aromatic heterocycles. The number of benzene rings is 1. The number of nitrogens with two attached hydrogens (primary N) is 1. The molecule has 2 unspecified atom stereocenters. The second kappa shape index (κ2) is 8.58. The van der Waals surface area contributed by atoms with Crippen LogP contribution in [0.2, 0.25) is 0 Å². The molecule has 2 atom stereocenters. The Labute approximate surface area is 136 Å². The topological polar surface area (TPSA) is 97.8 Å². The molecule has 1 aliphatic rings. The Morgan fingerprint density at radius 2 is 2.00 bits per heavy atom. The molecular formula is C15H23ClFN5. The number of rotatable bonds is 3. The van der Waals surface area contributed by atoms with Gasteiger partial charge in [0, 0.05) is 6.04 Å². The first-order chi connectivity index (χ1) is 10.0. The van der Waals surface area contributed by atoms with E-state index >= 15 is 0 Å². The van der Waals surface area contributed by atoms with Crippen LogP contribution in [0.5, 0.6) is 0 Å². The average Bonchev–Trinajstić information content (AvgIpc) is 2.40. The summed E-state index contributed by atoms with van der Waals surface area (Å²) in [5.41, 5.74) is 6.21. The van der Waals surface area contributed by atoms with Crippen LogP contribution in [0.1, 0.15) is 31.2 Å². The highest BCUT2D eigenvalue weighted by atomic mass is 35.5. The molecule has 7 heteroatoms. The second-order valence-corrected chi connectivity index (χ2v) is 5.54. The third kappa shape index (κ3) is 5.52. The van der Waals surface area contributed by atoms with Crippen LogP contribution in [-0.4, -0.2) is 18.0 Å². The molecule has 22 heavy (non-hydrogen) atoms. The summed E-state index contributed by atoms with van der Waals surface area (Å²) in [5.74, 6) is -0.0444. The van der Waals surface area contributed by atoms with Crippen molar-refractivity contribution in [1.82, 2.24) is 10.6 Å². The molecule has 2 rings (SSSR count). The van der Waals surface area contributed by atoms with Crippen LogP contribution in [0, 0.1) is 22.6 Å². The number of nitrogens with one attached hydrogen (secondary N) is 4. The molecule has 6 N–H and O–H groups in total. The van der Waals surface area contributed by atoms with E-state index in [-0.39, 0.29) is 36.2 Å². The molecule has 122 valence electrons. The Balaban J connectivity index is 0.00000242. The Kier molecular flexibility index (Phi) is 7.11. The van der Waals surface area contributed by atoms with Gasteiger partial charge in [0.25, 0.3) is 0 Å². The minimum Gasteiger partial charge on any atom is -0.370 e. The number of hydrogen-bond acceptors (Lipinski definition) is 2. The highest BCUT2D eigenvalue weighted by molar-refractivity contribution is 5.94. The molecule has 1 saturated carbocycles. The Bertz CT molecular complexity index is 522. The van der Waals surface area contributed by atoms with Crippen LogP contribution in [-0.2, 0) is 6.42 Å². The van der Waals surface area contributed by atoms with Crippen molar-refractivity contribution < 1.29 is 4.39 Å². The van der Waals surface area contributed by atoms with Crippen molar-refractivity contribution in [2.45, 2.75) is 38.1 Å². The molecule has 5 nitrogen and oxygen atoms in total. The molecule has 0 amide bonds. The first kappa shape index (κ1) is 18.2. The summed E-state index contributed by atoms with van der Waals surface area (Å²) in [5, 5.41) is 20.4. The first-order valence-electron chi connectivity index (χ1n) is 7.25. The lowest BCUT2D eigenvalue weighted by Crippen LogP contribution is -2.50. The van der Waals surface area contributed by atoms with Crippen LogP contribution in [0.4, 0.5) is 4.39 Å². The quantitative estimate of drug-likeness (QED) is 0.435. The predicted molar refractivity (Wildman–Crippen MR) is 89.0 cm³/mol. The second-order valence-electron chi connectivity index (χ2n) is 5.54. The maximum Gasteiger partial charge on any atom is 0.195 e. The van der Waals surface area contributed by atoms with E-state index in [0.717, 1.165) is 37.7 Å². The van der Waals surface area contributed by atoms with Gasteiger partial charge in [0.2, 0.25) is 0 Å². The molecule has 0 bridgehead atoms. The molecular weight excluding hydrogens is 305 g/mol. The maximum atomic E-state index is 13.3. The zero-order valence-electron chi connectivity index (χ0n) is 12.4. The summed E-state index contributed by atoms with van der Waals surface area (Å²) in [6.45, 7) is 0. The van der Waals surface area contributed by atoms with Crippen LogP contribution >= 0.6 is 12.4 Å². The van der Waals surface area contributed by atoms with Gasteiger partial charge in [-0.05, 0) is 42.9 Å². The summed E-state index contributed by atoms with van der Waals surface area (Å²) in [7, 11) is 0. The lowest BCUT2D eigenvalue weighted by atomic mass is 9.80. The van der Waals surface area contributed by atoms with Crippen molar-refractivity contribution in [3.8, 4) is 0 Å². The van der Waals surface area contributed by atoms with E-state index in [9.17, 15) is 4.39 Å². The van der Waals surface area contributed by atoms with E-state index in [1.165, 1.54) is 6.07 Å². The Morgan fingerprint density at radius 3 is 2.68 bits per heavy atom. The molecule has 1 fully saturated rings. The fourth-order valence-corrected chi connectivity index (χ4v) is 2.96. The van der Waals surface area contributed by atoms with Gasteiger partial charge in [-0.1, -0.05) is 25.0 Å². The number of guanidine groups is 2. The van der Waals surface area contributed by atoms with E-state index in [0.29, 0.717) is 5.92 Å². The van der Waals surface area contributed by atoms with Crippen molar-refractivity contribution >= 4 is 24.3 Å². The molecule has 0 heterocycles. The maximum absolute atomic E-state index is 13.3. The predicted octanol–water partition coefficient (Wildman–Crippen LogP) is 2.36. The summed E-state index contributed by atoms with van der Waals surface area (Å²) >= 11 is 0. The van der Waals surface area contributed by atoms with E-state index < -0.39 is 0 Å². The van der Waals surface area contributed by atoms with E-state index in [2.05, 4.69) is 10.6 Å². The van der Waals surface area contributed by atoms with Gasteiger partial charge < -0.3 is 11.1 Å². The third-order valence-corrected chi connectivity index (χ3v) is 3.89. The van der Waals surface area contributed by atoms with E-state index in [4.69, 9.17) is 16.6 Å². The van der Waals surface area contributed by atoms with Crippen LogP contribution in [0.3, 0.4) is 0 Å². The summed E-state index contributed by atoms with van der Waals surface area (Å²) in [4.78, 5) is 0. The molecule has 1 aromatic carbocycles. The Morgan fingerprint density at radius 1 is 1.27 bits per heavy atom. The highest BCUT2D eigenvalue weighted by Gasteiger charge is 2.26. The molecule has 0 aliphatic heterocycles. The smallest absolute Gasteiger partial charge is 0.195 e. The molecule has 0 radical (unpaired) electrons. The van der Waals surface area contributed by atoms with Crippen molar-refractivity contribution in [2.24, 2.45) is 11.7 Å². The Hall–Kier alpha value is -1.82. The lowest BCUT2D eigenvalue weighted by Gasteiger charge is -2.33. The summed E-state index contributed by atoms with van der Waals surface area (Å²) in [6.07, 6.45) is 5.10.